The SMILES string of the molecule is C#CC(OC(=O)OCC)[C@H]1OC(C)(C)O[C@H]1[C@@H]1OC(C)(C)OC[C@H]1O. The Morgan fingerprint density at radius 1 is 1.24 bits per heavy atom. The van der Waals surface area contributed by atoms with E-state index in [1.54, 1.807) is 34.6 Å². The summed E-state index contributed by atoms with van der Waals surface area (Å²) >= 11 is 0. The summed E-state index contributed by atoms with van der Waals surface area (Å²) in [6.45, 7) is 8.75. The maximum atomic E-state index is 11.6. The van der Waals surface area contributed by atoms with E-state index >= 15 is 0 Å². The van der Waals surface area contributed by atoms with Crippen LogP contribution in [0.1, 0.15) is 34.6 Å². The molecular weight excluding hydrogens is 332 g/mol. The van der Waals surface area contributed by atoms with E-state index in [1.165, 1.54) is 0 Å². The highest BCUT2D eigenvalue weighted by Gasteiger charge is 2.54. The van der Waals surface area contributed by atoms with Crippen LogP contribution in [0, 0.1) is 12.3 Å². The van der Waals surface area contributed by atoms with Crippen LogP contribution in [-0.4, -0.2) is 66.6 Å². The third kappa shape index (κ3) is 4.84. The third-order valence-electron chi connectivity index (χ3n) is 3.84. The first-order chi connectivity index (χ1) is 11.6. The van der Waals surface area contributed by atoms with Gasteiger partial charge in [-0.1, -0.05) is 5.92 Å². The van der Waals surface area contributed by atoms with Crippen LogP contribution in [0.4, 0.5) is 4.79 Å². The Morgan fingerprint density at radius 2 is 1.88 bits per heavy atom. The summed E-state index contributed by atoms with van der Waals surface area (Å²) in [6.07, 6.45) is 0.252. The van der Waals surface area contributed by atoms with Crippen molar-refractivity contribution in [2.45, 2.75) is 76.7 Å². The van der Waals surface area contributed by atoms with Gasteiger partial charge in [-0.25, -0.2) is 4.79 Å². The molecule has 142 valence electrons. The molecule has 0 radical (unpaired) electrons. The van der Waals surface area contributed by atoms with Crippen LogP contribution in [0.3, 0.4) is 0 Å². The first-order valence-corrected chi connectivity index (χ1v) is 8.23. The van der Waals surface area contributed by atoms with Crippen molar-refractivity contribution in [3.05, 3.63) is 0 Å². The van der Waals surface area contributed by atoms with Gasteiger partial charge in [-0.15, -0.1) is 6.42 Å². The first kappa shape index (κ1) is 19.9. The Morgan fingerprint density at radius 3 is 2.48 bits per heavy atom. The largest absolute Gasteiger partial charge is 0.509 e. The molecule has 8 nitrogen and oxygen atoms in total. The number of hydrogen-bond donors (Lipinski definition) is 1. The number of hydrogen-bond acceptors (Lipinski definition) is 8. The van der Waals surface area contributed by atoms with E-state index in [2.05, 4.69) is 5.92 Å². The minimum atomic E-state index is -1.06. The fourth-order valence-electron chi connectivity index (χ4n) is 2.86. The molecule has 8 heteroatoms. The Labute approximate surface area is 147 Å². The standard InChI is InChI=1S/C17H26O8/c1-7-11(22-15(19)20-8-2)13-14(25-17(5,6)24-13)12-10(18)9-21-16(3,4)23-12/h1,10-14,18H,8-9H2,2-6H3/t10-,11?,12-,13-,14+/m1/s1. The summed E-state index contributed by atoms with van der Waals surface area (Å²) in [4.78, 5) is 11.6. The average Bonchev–Trinajstić information content (AvgIpc) is 2.83. The topological polar surface area (TPSA) is 92.7 Å². The highest BCUT2D eigenvalue weighted by atomic mass is 16.8. The van der Waals surface area contributed by atoms with Gasteiger partial charge in [-0.3, -0.25) is 0 Å². The summed E-state index contributed by atoms with van der Waals surface area (Å²) in [5.74, 6) is 0.483. The van der Waals surface area contributed by atoms with Crippen LogP contribution >= 0.6 is 0 Å². The second kappa shape index (κ2) is 7.48. The molecule has 1 unspecified atom stereocenters. The van der Waals surface area contributed by atoms with Gasteiger partial charge in [0.05, 0.1) is 13.2 Å². The van der Waals surface area contributed by atoms with Crippen molar-refractivity contribution >= 4 is 6.16 Å². The van der Waals surface area contributed by atoms with Gasteiger partial charge in [-0.2, -0.15) is 0 Å². The van der Waals surface area contributed by atoms with Gasteiger partial charge in [0.25, 0.3) is 0 Å². The van der Waals surface area contributed by atoms with Crippen molar-refractivity contribution in [2.75, 3.05) is 13.2 Å². The summed E-state index contributed by atoms with van der Waals surface area (Å²) in [5.41, 5.74) is 0. The summed E-state index contributed by atoms with van der Waals surface area (Å²) < 4.78 is 32.9. The van der Waals surface area contributed by atoms with Crippen molar-refractivity contribution < 1.29 is 38.3 Å². The summed E-state index contributed by atoms with van der Waals surface area (Å²) in [5, 5.41) is 10.3. The monoisotopic (exact) mass is 358 g/mol. The molecule has 0 aromatic rings. The maximum Gasteiger partial charge on any atom is 0.509 e. The molecular formula is C17H26O8. The molecule has 0 bridgehead atoms. The Bertz CT molecular complexity index is 523. The molecule has 2 saturated heterocycles. The minimum absolute atomic E-state index is 0.0735. The van der Waals surface area contributed by atoms with E-state index in [9.17, 15) is 9.90 Å². The highest BCUT2D eigenvalue weighted by Crippen LogP contribution is 2.37. The van der Waals surface area contributed by atoms with Crippen LogP contribution in [-0.2, 0) is 28.4 Å². The molecule has 2 aliphatic rings. The average molecular weight is 358 g/mol. The van der Waals surface area contributed by atoms with Crippen molar-refractivity contribution in [2.24, 2.45) is 0 Å². The molecule has 2 fully saturated rings. The number of carbonyl (C=O) groups excluding carboxylic acids is 1. The van der Waals surface area contributed by atoms with E-state index in [4.69, 9.17) is 34.8 Å². The van der Waals surface area contributed by atoms with E-state index in [1.807, 2.05) is 0 Å². The lowest BCUT2D eigenvalue weighted by molar-refractivity contribution is -0.323. The summed E-state index contributed by atoms with van der Waals surface area (Å²) in [7, 11) is 0. The number of carbonyl (C=O) groups is 1. The lowest BCUT2D eigenvalue weighted by Crippen LogP contribution is -2.57. The lowest BCUT2D eigenvalue weighted by Gasteiger charge is -2.42. The molecule has 0 saturated carbocycles. The minimum Gasteiger partial charge on any atom is -0.435 e. The second-order valence-electron chi connectivity index (χ2n) is 6.81. The van der Waals surface area contributed by atoms with Gasteiger partial charge < -0.3 is 33.5 Å². The van der Waals surface area contributed by atoms with E-state index in [0.29, 0.717) is 0 Å². The van der Waals surface area contributed by atoms with Gasteiger partial charge >= 0.3 is 6.16 Å². The number of aliphatic hydroxyl groups excluding tert-OH is 1. The van der Waals surface area contributed by atoms with Crippen LogP contribution in [0.25, 0.3) is 0 Å². The zero-order valence-electron chi connectivity index (χ0n) is 15.2. The van der Waals surface area contributed by atoms with Gasteiger partial charge in [0.15, 0.2) is 17.7 Å². The number of rotatable bonds is 4. The molecule has 0 aromatic heterocycles. The summed E-state index contributed by atoms with van der Waals surface area (Å²) in [6, 6.07) is 0. The van der Waals surface area contributed by atoms with Crippen LogP contribution in [0.5, 0.6) is 0 Å². The molecule has 0 aliphatic carbocycles. The van der Waals surface area contributed by atoms with Gasteiger partial charge in [0.1, 0.15) is 24.4 Å². The maximum absolute atomic E-state index is 11.6. The van der Waals surface area contributed by atoms with Gasteiger partial charge in [0, 0.05) is 0 Å². The Kier molecular flexibility index (Phi) is 5.97. The van der Waals surface area contributed by atoms with Crippen molar-refractivity contribution in [3.8, 4) is 12.3 Å². The van der Waals surface area contributed by atoms with E-state index in [0.717, 1.165) is 0 Å². The van der Waals surface area contributed by atoms with Crippen molar-refractivity contribution in [3.63, 3.8) is 0 Å². The highest BCUT2D eigenvalue weighted by molar-refractivity contribution is 5.60. The molecule has 0 aromatic carbocycles. The fourth-order valence-corrected chi connectivity index (χ4v) is 2.86. The number of aliphatic hydroxyl groups is 1. The zero-order chi connectivity index (χ0) is 18.8. The first-order valence-electron chi connectivity index (χ1n) is 8.23. The number of ether oxygens (including phenoxy) is 6. The third-order valence-corrected chi connectivity index (χ3v) is 3.84. The van der Waals surface area contributed by atoms with E-state index in [-0.39, 0.29) is 13.2 Å². The molecule has 0 spiro atoms. The number of terminal acetylenes is 1. The molecule has 5 atom stereocenters. The molecule has 25 heavy (non-hydrogen) atoms. The van der Waals surface area contributed by atoms with Crippen molar-refractivity contribution in [1.29, 1.82) is 0 Å². The zero-order valence-corrected chi connectivity index (χ0v) is 15.2. The Balaban J connectivity index is 2.21. The van der Waals surface area contributed by atoms with Crippen LogP contribution in [0.15, 0.2) is 0 Å². The quantitative estimate of drug-likeness (QED) is 0.592. The Hall–Kier alpha value is -1.37. The van der Waals surface area contributed by atoms with Crippen LogP contribution in [0.2, 0.25) is 0 Å². The van der Waals surface area contributed by atoms with Crippen LogP contribution < -0.4 is 0 Å². The van der Waals surface area contributed by atoms with E-state index < -0.39 is 48.2 Å². The smallest absolute Gasteiger partial charge is 0.435 e. The lowest BCUT2D eigenvalue weighted by atomic mass is 9.98. The second-order valence-corrected chi connectivity index (χ2v) is 6.81. The predicted octanol–water partition coefficient (Wildman–Crippen LogP) is 1.19. The van der Waals surface area contributed by atoms with Gasteiger partial charge in [-0.05, 0) is 34.6 Å². The molecule has 0 amide bonds. The van der Waals surface area contributed by atoms with Gasteiger partial charge in [0.2, 0.25) is 0 Å². The van der Waals surface area contributed by atoms with Crippen molar-refractivity contribution in [1.82, 2.24) is 0 Å². The molecule has 2 rings (SSSR count). The molecule has 2 aliphatic heterocycles. The normalized spacial score (nSPS) is 34.8. The predicted molar refractivity (Wildman–Crippen MR) is 85.5 cm³/mol. The fraction of sp³-hybridized carbons (Fsp3) is 0.824. The molecule has 1 N–H and O–H groups in total. The molecule has 2 heterocycles.